The summed E-state index contributed by atoms with van der Waals surface area (Å²) in [6, 6.07) is -0.390. The lowest BCUT2D eigenvalue weighted by Crippen LogP contribution is -2.63. The first kappa shape index (κ1) is 19.4. The number of hydrogen-bond donors (Lipinski definition) is 3. The van der Waals surface area contributed by atoms with E-state index in [1.165, 1.54) is 12.3 Å². The van der Waals surface area contributed by atoms with E-state index in [9.17, 15) is 9.59 Å². The summed E-state index contributed by atoms with van der Waals surface area (Å²) < 4.78 is 6.45. The van der Waals surface area contributed by atoms with Crippen molar-refractivity contribution >= 4 is 19.9 Å². The smallest absolute Gasteiger partial charge is 0.241 e. The topological polar surface area (TPSA) is 79.5 Å². The van der Waals surface area contributed by atoms with Gasteiger partial charge in [-0.05, 0) is 53.0 Å². The minimum Gasteiger partial charge on any atom is -0.368 e. The van der Waals surface area contributed by atoms with E-state index in [1.54, 1.807) is 0 Å². The van der Waals surface area contributed by atoms with Crippen molar-refractivity contribution in [1.29, 1.82) is 0 Å². The van der Waals surface area contributed by atoms with Crippen LogP contribution in [0.1, 0.15) is 40.5 Å². The van der Waals surface area contributed by atoms with E-state index in [0.29, 0.717) is 6.54 Å². The molecular formula is C20H32N3O3P. The molecule has 0 aromatic heterocycles. The predicted octanol–water partition coefficient (Wildman–Crippen LogP) is 1.76. The second-order valence-electron chi connectivity index (χ2n) is 9.17. The molecule has 6 nitrogen and oxygen atoms in total. The monoisotopic (exact) mass is 393 g/mol. The Bertz CT molecular complexity index is 665. The molecule has 27 heavy (non-hydrogen) atoms. The summed E-state index contributed by atoms with van der Waals surface area (Å²) in [6.07, 6.45) is 7.85. The number of nitrogens with one attached hydrogen (secondary N) is 3. The molecule has 0 aromatic rings. The first-order valence-corrected chi connectivity index (χ1v) is 11.9. The molecule has 2 amide bonds. The molecule has 4 aliphatic heterocycles. The molecule has 0 aromatic carbocycles. The van der Waals surface area contributed by atoms with Crippen molar-refractivity contribution in [2.75, 3.05) is 18.9 Å². The Balaban J connectivity index is 1.62. The van der Waals surface area contributed by atoms with Crippen molar-refractivity contribution in [2.24, 2.45) is 17.3 Å². The van der Waals surface area contributed by atoms with Crippen LogP contribution in [0.5, 0.6) is 0 Å². The lowest BCUT2D eigenvalue weighted by Gasteiger charge is -2.51. The van der Waals surface area contributed by atoms with Crippen molar-refractivity contribution < 1.29 is 14.3 Å². The Morgan fingerprint density at radius 1 is 1.30 bits per heavy atom. The molecule has 3 N–H and O–H groups in total. The summed E-state index contributed by atoms with van der Waals surface area (Å²) in [4.78, 5) is 26.0. The Hall–Kier alpha value is -0.970. The van der Waals surface area contributed by atoms with E-state index >= 15 is 0 Å². The number of ether oxygens (including phenoxy) is 1. The molecule has 0 spiro atoms. The first-order valence-electron chi connectivity index (χ1n) is 10.2. The number of amides is 2. The minimum absolute atomic E-state index is 0.0254. The number of carbonyl (C=O) groups is 2. The summed E-state index contributed by atoms with van der Waals surface area (Å²) in [7, 11) is -0.176. The van der Waals surface area contributed by atoms with Crippen molar-refractivity contribution in [2.45, 2.75) is 64.3 Å². The quantitative estimate of drug-likeness (QED) is 0.504. The third kappa shape index (κ3) is 3.14. The second-order valence-corrected chi connectivity index (χ2v) is 11.4. The highest BCUT2D eigenvalue weighted by molar-refractivity contribution is 7.63. The minimum atomic E-state index is -0.526. The van der Waals surface area contributed by atoms with Crippen LogP contribution >= 0.6 is 8.07 Å². The molecule has 3 saturated heterocycles. The van der Waals surface area contributed by atoms with Gasteiger partial charge in [-0.2, -0.15) is 0 Å². The maximum atomic E-state index is 13.1. The Morgan fingerprint density at radius 3 is 2.70 bits per heavy atom. The molecule has 6 atom stereocenters. The molecule has 150 valence electrons. The zero-order valence-corrected chi connectivity index (χ0v) is 17.6. The van der Waals surface area contributed by atoms with Crippen molar-refractivity contribution in [3.8, 4) is 0 Å². The Morgan fingerprint density at radius 2 is 2.04 bits per heavy atom. The molecule has 1 saturated carbocycles. The second kappa shape index (κ2) is 6.82. The van der Waals surface area contributed by atoms with Gasteiger partial charge in [-0.25, -0.2) is 0 Å². The highest BCUT2D eigenvalue weighted by Crippen LogP contribution is 2.66. The fraction of sp³-hybridized carbons (Fsp3) is 0.800. The Kier molecular flexibility index (Phi) is 4.89. The molecule has 4 heterocycles. The third-order valence-corrected chi connectivity index (χ3v) is 8.61. The van der Waals surface area contributed by atoms with Crippen LogP contribution in [0.15, 0.2) is 12.2 Å². The van der Waals surface area contributed by atoms with E-state index in [1.807, 2.05) is 26.0 Å². The van der Waals surface area contributed by atoms with Gasteiger partial charge in [0.05, 0.1) is 23.2 Å². The molecule has 4 fully saturated rings. The van der Waals surface area contributed by atoms with Crippen LogP contribution in [0.4, 0.5) is 0 Å². The number of rotatable bonds is 3. The van der Waals surface area contributed by atoms with Gasteiger partial charge < -0.3 is 15.4 Å². The van der Waals surface area contributed by atoms with Gasteiger partial charge in [-0.15, -0.1) is 0 Å². The molecule has 5 aliphatic rings. The van der Waals surface area contributed by atoms with Gasteiger partial charge in [-0.3, -0.25) is 14.7 Å². The van der Waals surface area contributed by atoms with Gasteiger partial charge >= 0.3 is 0 Å². The van der Waals surface area contributed by atoms with Gasteiger partial charge in [0.1, 0.15) is 6.04 Å². The molecule has 0 radical (unpaired) electrons. The lowest BCUT2D eigenvalue weighted by atomic mass is 9.51. The van der Waals surface area contributed by atoms with Crippen molar-refractivity contribution in [3.63, 3.8) is 0 Å². The normalized spacial score (nSPS) is 45.8. The van der Waals surface area contributed by atoms with E-state index < -0.39 is 11.0 Å². The zero-order chi connectivity index (χ0) is 19.4. The van der Waals surface area contributed by atoms with Crippen molar-refractivity contribution in [3.05, 3.63) is 12.2 Å². The maximum Gasteiger partial charge on any atom is 0.241 e. The summed E-state index contributed by atoms with van der Waals surface area (Å²) >= 11 is 0. The lowest BCUT2D eigenvalue weighted by molar-refractivity contribution is -0.158. The Labute approximate surface area is 163 Å². The van der Waals surface area contributed by atoms with Crippen LogP contribution in [-0.2, 0) is 14.3 Å². The summed E-state index contributed by atoms with van der Waals surface area (Å²) in [6.45, 7) is 8.91. The van der Waals surface area contributed by atoms with Gasteiger partial charge in [0.15, 0.2) is 0 Å². The van der Waals surface area contributed by atoms with Crippen LogP contribution in [0.2, 0.25) is 0 Å². The van der Waals surface area contributed by atoms with Gasteiger partial charge in [0.2, 0.25) is 11.8 Å². The summed E-state index contributed by atoms with van der Waals surface area (Å²) in [5.41, 5.74) is -0.971. The molecule has 7 heteroatoms. The van der Waals surface area contributed by atoms with E-state index in [4.69, 9.17) is 4.74 Å². The average Bonchev–Trinajstić information content (AvgIpc) is 3.32. The third-order valence-electron chi connectivity index (χ3n) is 7.07. The molecule has 1 aliphatic carbocycles. The molecule has 2 unspecified atom stereocenters. The SMILES string of the molecule is CC(C)[C@@H]1NC(=O)[C@@H](NP2CC2)/C=C/CCNC(=O)C2(C)[C@H]3CC2(C)O[C@H]13. The van der Waals surface area contributed by atoms with Gasteiger partial charge in [0, 0.05) is 12.5 Å². The molecule has 5 rings (SSSR count). The van der Waals surface area contributed by atoms with Crippen molar-refractivity contribution in [1.82, 2.24) is 15.7 Å². The summed E-state index contributed by atoms with van der Waals surface area (Å²) in [5.74, 6) is 0.484. The maximum absolute atomic E-state index is 13.1. The number of carbonyl (C=O) groups excluding carboxylic acids is 2. The molecular weight excluding hydrogens is 361 g/mol. The van der Waals surface area contributed by atoms with Gasteiger partial charge in [0.25, 0.3) is 0 Å². The predicted molar refractivity (Wildman–Crippen MR) is 107 cm³/mol. The highest BCUT2D eigenvalue weighted by atomic mass is 31.1. The van der Waals surface area contributed by atoms with Crippen LogP contribution in [0.25, 0.3) is 0 Å². The van der Waals surface area contributed by atoms with E-state index in [2.05, 4.69) is 29.6 Å². The number of hydrogen-bond acceptors (Lipinski definition) is 4. The van der Waals surface area contributed by atoms with Crippen LogP contribution < -0.4 is 15.7 Å². The largest absolute Gasteiger partial charge is 0.368 e. The zero-order valence-electron chi connectivity index (χ0n) is 16.7. The molecule has 4 bridgehead atoms. The standard InChI is InChI=1S/C20H32N3O3P/c1-12(2)15-16-13-11-19(3,26-16)20(13,4)18(25)21-8-6-5-7-14(17(24)22-15)23-27-9-10-27/h5,7,12-16,23H,6,8-11H2,1-4H3,(H,21,25)(H,22,24)/b7-5+/t13-,14-,15-,16-,19?,20?/m0/s1. The van der Waals surface area contributed by atoms with Gasteiger partial charge in [-0.1, -0.05) is 26.0 Å². The fourth-order valence-corrected chi connectivity index (χ4v) is 6.21. The fourth-order valence-electron chi connectivity index (χ4n) is 4.96. The summed E-state index contributed by atoms with van der Waals surface area (Å²) in [5, 5.41) is 9.88. The average molecular weight is 393 g/mol. The van der Waals surface area contributed by atoms with E-state index in [-0.39, 0.29) is 49.9 Å². The van der Waals surface area contributed by atoms with Crippen LogP contribution in [-0.4, -0.2) is 54.5 Å². The van der Waals surface area contributed by atoms with E-state index in [0.717, 1.165) is 12.8 Å². The van der Waals surface area contributed by atoms with Crippen LogP contribution in [0.3, 0.4) is 0 Å². The first-order chi connectivity index (χ1) is 12.8. The highest BCUT2D eigenvalue weighted by Gasteiger charge is 2.74. The van der Waals surface area contributed by atoms with Crippen LogP contribution in [0, 0.1) is 17.3 Å².